The van der Waals surface area contributed by atoms with Gasteiger partial charge in [-0.25, -0.2) is 4.79 Å². The fraction of sp³-hybridized carbons (Fsp3) is 0.600. The Balaban J connectivity index is 4.81. The molecule has 0 rings (SSSR count). The van der Waals surface area contributed by atoms with Crippen molar-refractivity contribution in [1.29, 1.82) is 0 Å². The zero-order chi connectivity index (χ0) is 11.3. The third kappa shape index (κ3) is 3.60. The second kappa shape index (κ2) is 5.42. The predicted octanol–water partition coefficient (Wildman–Crippen LogP) is 1.91. The number of aliphatic hydroxyl groups excluding tert-OH is 1. The van der Waals surface area contributed by atoms with Gasteiger partial charge in [0.15, 0.2) is 5.78 Å². The summed E-state index contributed by atoms with van der Waals surface area (Å²) in [5.74, 6) is -2.40. The van der Waals surface area contributed by atoms with Gasteiger partial charge in [0.25, 0.3) is 0 Å². The fourth-order valence-electron chi connectivity index (χ4n) is 1.12. The van der Waals surface area contributed by atoms with E-state index in [4.69, 9.17) is 10.2 Å². The molecule has 0 amide bonds. The topological polar surface area (TPSA) is 74.6 Å². The van der Waals surface area contributed by atoms with Gasteiger partial charge in [0.1, 0.15) is 0 Å². The molecule has 80 valence electrons. The van der Waals surface area contributed by atoms with Gasteiger partial charge >= 0.3 is 5.97 Å². The van der Waals surface area contributed by atoms with Gasteiger partial charge in [-0.15, -0.1) is 0 Å². The number of aliphatic carboxylic acids is 1. The van der Waals surface area contributed by atoms with Crippen LogP contribution < -0.4 is 0 Å². The predicted molar refractivity (Wildman–Crippen MR) is 52.0 cm³/mol. The normalized spacial score (nSPS) is 12.6. The fourth-order valence-corrected chi connectivity index (χ4v) is 1.12. The molecule has 0 aliphatic rings. The first-order chi connectivity index (χ1) is 6.40. The minimum absolute atomic E-state index is 0.00574. The van der Waals surface area contributed by atoms with E-state index >= 15 is 0 Å². The highest BCUT2D eigenvalue weighted by Crippen LogP contribution is 2.13. The molecule has 4 nitrogen and oxygen atoms in total. The van der Waals surface area contributed by atoms with Crippen molar-refractivity contribution in [1.82, 2.24) is 0 Å². The van der Waals surface area contributed by atoms with Crippen LogP contribution >= 0.6 is 0 Å². The molecule has 0 fully saturated rings. The molecule has 0 unspecified atom stereocenters. The van der Waals surface area contributed by atoms with Gasteiger partial charge in [-0.1, -0.05) is 20.8 Å². The first-order valence-corrected chi connectivity index (χ1v) is 4.58. The highest BCUT2D eigenvalue weighted by atomic mass is 16.4. The van der Waals surface area contributed by atoms with Gasteiger partial charge in [0.05, 0.1) is 0 Å². The highest BCUT2D eigenvalue weighted by molar-refractivity contribution is 6.01. The molecule has 4 heteroatoms. The first-order valence-electron chi connectivity index (χ1n) is 4.58. The monoisotopic (exact) mass is 200 g/mol. The number of carboxylic acid groups (broad SMARTS) is 1. The molecule has 0 aliphatic heterocycles. The number of allylic oxidation sites excluding steroid dienone is 1. The minimum atomic E-state index is -1.45. The quantitative estimate of drug-likeness (QED) is 0.525. The Kier molecular flexibility index (Phi) is 4.91. The number of rotatable bonds is 5. The standard InChI is InChI=1S/C10H16O4/c1-4-7(9(12)10(13)14)8(11)5-6(2)3/h6,12H,4-5H2,1-3H3,(H,13,14). The van der Waals surface area contributed by atoms with Crippen LogP contribution in [0, 0.1) is 5.92 Å². The summed E-state index contributed by atoms with van der Waals surface area (Å²) in [6.07, 6.45) is 0.504. The molecule has 2 N–H and O–H groups in total. The smallest absolute Gasteiger partial charge is 0.371 e. The van der Waals surface area contributed by atoms with Gasteiger partial charge in [0, 0.05) is 12.0 Å². The zero-order valence-corrected chi connectivity index (χ0v) is 8.70. The highest BCUT2D eigenvalue weighted by Gasteiger charge is 2.18. The average molecular weight is 200 g/mol. The lowest BCUT2D eigenvalue weighted by atomic mass is 9.98. The molecule has 14 heavy (non-hydrogen) atoms. The van der Waals surface area contributed by atoms with Gasteiger partial charge in [-0.3, -0.25) is 4.79 Å². The second-order valence-electron chi connectivity index (χ2n) is 3.51. The van der Waals surface area contributed by atoms with Crippen molar-refractivity contribution in [3.63, 3.8) is 0 Å². The number of hydrogen-bond acceptors (Lipinski definition) is 3. The molecule has 0 heterocycles. The van der Waals surface area contributed by atoms with E-state index in [1.807, 2.05) is 13.8 Å². The molecular weight excluding hydrogens is 184 g/mol. The summed E-state index contributed by atoms with van der Waals surface area (Å²) in [5, 5.41) is 17.6. The van der Waals surface area contributed by atoms with Crippen molar-refractivity contribution < 1.29 is 19.8 Å². The number of aliphatic hydroxyl groups is 1. The number of ketones is 1. The SMILES string of the molecule is CCC(C(=O)CC(C)C)=C(O)C(=O)O. The van der Waals surface area contributed by atoms with Crippen LogP contribution in [0.3, 0.4) is 0 Å². The largest absolute Gasteiger partial charge is 0.502 e. The summed E-state index contributed by atoms with van der Waals surface area (Å²) in [6, 6.07) is 0. The summed E-state index contributed by atoms with van der Waals surface area (Å²) in [7, 11) is 0. The molecule has 0 aromatic rings. The van der Waals surface area contributed by atoms with E-state index in [2.05, 4.69) is 0 Å². The number of carboxylic acids is 1. The maximum absolute atomic E-state index is 11.4. The minimum Gasteiger partial charge on any atom is -0.502 e. The number of Topliss-reactive ketones (excluding diaryl/α,β-unsaturated/α-hetero) is 1. The first kappa shape index (κ1) is 12.7. The van der Waals surface area contributed by atoms with Crippen molar-refractivity contribution in [2.24, 2.45) is 5.92 Å². The Morgan fingerprint density at radius 1 is 1.21 bits per heavy atom. The number of carbonyl (C=O) groups is 2. The summed E-state index contributed by atoms with van der Waals surface area (Å²) in [4.78, 5) is 21.9. The molecular formula is C10H16O4. The number of carbonyl (C=O) groups excluding carboxylic acids is 1. The average Bonchev–Trinajstić information content (AvgIpc) is 2.03. The van der Waals surface area contributed by atoms with Crippen LogP contribution in [-0.2, 0) is 9.59 Å². The second-order valence-corrected chi connectivity index (χ2v) is 3.51. The maximum atomic E-state index is 11.4. The third-order valence-electron chi connectivity index (χ3n) is 1.77. The molecule has 0 aromatic carbocycles. The lowest BCUT2D eigenvalue weighted by molar-refractivity contribution is -0.136. The van der Waals surface area contributed by atoms with Crippen LogP contribution in [0.4, 0.5) is 0 Å². The molecule has 0 saturated heterocycles. The zero-order valence-electron chi connectivity index (χ0n) is 8.70. The van der Waals surface area contributed by atoms with E-state index in [1.54, 1.807) is 6.92 Å². The summed E-state index contributed by atoms with van der Waals surface area (Å²) < 4.78 is 0. The van der Waals surface area contributed by atoms with Crippen LogP contribution in [0.5, 0.6) is 0 Å². The molecule has 0 aliphatic carbocycles. The van der Waals surface area contributed by atoms with Crippen molar-refractivity contribution in [2.75, 3.05) is 0 Å². The van der Waals surface area contributed by atoms with Crippen molar-refractivity contribution in [3.05, 3.63) is 11.3 Å². The summed E-state index contributed by atoms with van der Waals surface area (Å²) in [6.45, 7) is 5.37. The van der Waals surface area contributed by atoms with Crippen LogP contribution in [0.25, 0.3) is 0 Å². The van der Waals surface area contributed by atoms with Crippen molar-refractivity contribution in [2.45, 2.75) is 33.6 Å². The lowest BCUT2D eigenvalue weighted by Gasteiger charge is -2.07. The summed E-state index contributed by atoms with van der Waals surface area (Å²) >= 11 is 0. The van der Waals surface area contributed by atoms with E-state index in [0.717, 1.165) is 0 Å². The van der Waals surface area contributed by atoms with Crippen LogP contribution in [0.2, 0.25) is 0 Å². The molecule has 0 aromatic heterocycles. The third-order valence-corrected chi connectivity index (χ3v) is 1.77. The van der Waals surface area contributed by atoms with Crippen molar-refractivity contribution in [3.8, 4) is 0 Å². The Labute approximate surface area is 83.2 Å². The maximum Gasteiger partial charge on any atom is 0.371 e. The van der Waals surface area contributed by atoms with Gasteiger partial charge in [0.2, 0.25) is 5.76 Å². The van der Waals surface area contributed by atoms with E-state index in [9.17, 15) is 9.59 Å². The molecule has 0 atom stereocenters. The van der Waals surface area contributed by atoms with Crippen LogP contribution in [-0.4, -0.2) is 22.0 Å². The van der Waals surface area contributed by atoms with E-state index in [-0.39, 0.29) is 30.1 Å². The Bertz CT molecular complexity index is 263. The molecule has 0 radical (unpaired) electrons. The van der Waals surface area contributed by atoms with E-state index in [1.165, 1.54) is 0 Å². The van der Waals surface area contributed by atoms with Crippen LogP contribution in [0.15, 0.2) is 11.3 Å². The molecule has 0 saturated carbocycles. The number of hydrogen-bond donors (Lipinski definition) is 2. The Morgan fingerprint density at radius 2 is 1.71 bits per heavy atom. The van der Waals surface area contributed by atoms with Gasteiger partial charge in [-0.2, -0.15) is 0 Å². The van der Waals surface area contributed by atoms with E-state index in [0.29, 0.717) is 0 Å². The summed E-state index contributed by atoms with van der Waals surface area (Å²) in [5.41, 5.74) is 0.00574. The molecule has 0 spiro atoms. The Morgan fingerprint density at radius 3 is 2.00 bits per heavy atom. The molecule has 0 bridgehead atoms. The Hall–Kier alpha value is -1.32. The van der Waals surface area contributed by atoms with E-state index < -0.39 is 11.7 Å². The van der Waals surface area contributed by atoms with Crippen LogP contribution in [0.1, 0.15) is 33.6 Å². The van der Waals surface area contributed by atoms with Gasteiger partial charge in [-0.05, 0) is 12.3 Å². The lowest BCUT2D eigenvalue weighted by Crippen LogP contribution is -2.12. The van der Waals surface area contributed by atoms with Gasteiger partial charge < -0.3 is 10.2 Å². The van der Waals surface area contributed by atoms with Crippen molar-refractivity contribution >= 4 is 11.8 Å².